The van der Waals surface area contributed by atoms with Crippen molar-refractivity contribution in [1.82, 2.24) is 4.98 Å². The molecule has 0 aliphatic carbocycles. The lowest BCUT2D eigenvalue weighted by Gasteiger charge is -2.20. The molecular formula is C18H14F2N2O2S. The Kier molecular flexibility index (Phi) is 5.04. The zero-order chi connectivity index (χ0) is 17.8. The molecule has 0 saturated carbocycles. The highest BCUT2D eigenvalue weighted by molar-refractivity contribution is 7.14. The first-order valence-electron chi connectivity index (χ1n) is 7.42. The fourth-order valence-electron chi connectivity index (χ4n) is 2.18. The summed E-state index contributed by atoms with van der Waals surface area (Å²) in [6, 6.07) is 11.9. The monoisotopic (exact) mass is 360 g/mol. The molecule has 0 unspecified atom stereocenters. The SMILES string of the molecule is Cc1csc(N(C(=O)COc2ccc(F)cc2F)c2ccccc2)n1. The quantitative estimate of drug-likeness (QED) is 0.674. The summed E-state index contributed by atoms with van der Waals surface area (Å²) in [7, 11) is 0. The van der Waals surface area contributed by atoms with E-state index in [1.807, 2.05) is 18.4 Å². The fraction of sp³-hybridized carbons (Fsp3) is 0.111. The van der Waals surface area contributed by atoms with Gasteiger partial charge < -0.3 is 4.74 Å². The number of thiazole rings is 1. The first-order chi connectivity index (χ1) is 12.0. The van der Waals surface area contributed by atoms with Crippen LogP contribution in [0.15, 0.2) is 53.9 Å². The van der Waals surface area contributed by atoms with Crippen molar-refractivity contribution < 1.29 is 18.3 Å². The third kappa shape index (κ3) is 4.00. The van der Waals surface area contributed by atoms with Crippen molar-refractivity contribution in [2.45, 2.75) is 6.92 Å². The van der Waals surface area contributed by atoms with Crippen molar-refractivity contribution in [1.29, 1.82) is 0 Å². The van der Waals surface area contributed by atoms with Gasteiger partial charge in [0, 0.05) is 11.4 Å². The molecule has 25 heavy (non-hydrogen) atoms. The number of nitrogens with zero attached hydrogens (tertiary/aromatic N) is 2. The van der Waals surface area contributed by atoms with Gasteiger partial charge >= 0.3 is 0 Å². The minimum absolute atomic E-state index is 0.182. The van der Waals surface area contributed by atoms with Crippen molar-refractivity contribution in [3.8, 4) is 5.75 Å². The van der Waals surface area contributed by atoms with Crippen LogP contribution in [0, 0.1) is 18.6 Å². The Hall–Kier alpha value is -2.80. The standard InChI is InChI=1S/C18H14F2N2O2S/c1-12-11-25-18(21-12)22(14-5-3-2-4-6-14)17(23)10-24-16-8-7-13(19)9-15(16)20/h2-9,11H,10H2,1H3. The van der Waals surface area contributed by atoms with Crippen LogP contribution in [0.4, 0.5) is 19.6 Å². The van der Waals surface area contributed by atoms with Gasteiger partial charge in [0.1, 0.15) is 5.82 Å². The minimum atomic E-state index is -0.857. The molecule has 3 aromatic rings. The van der Waals surface area contributed by atoms with Crippen LogP contribution in [0.1, 0.15) is 5.69 Å². The number of halogens is 2. The zero-order valence-electron chi connectivity index (χ0n) is 13.3. The van der Waals surface area contributed by atoms with Crippen molar-refractivity contribution in [3.63, 3.8) is 0 Å². The number of ether oxygens (including phenoxy) is 1. The summed E-state index contributed by atoms with van der Waals surface area (Å²) in [5.41, 5.74) is 1.42. The lowest BCUT2D eigenvalue weighted by atomic mass is 10.3. The minimum Gasteiger partial charge on any atom is -0.481 e. The third-order valence-corrected chi connectivity index (χ3v) is 4.25. The summed E-state index contributed by atoms with van der Waals surface area (Å²) in [4.78, 5) is 18.4. The Balaban J connectivity index is 1.82. The van der Waals surface area contributed by atoms with E-state index in [0.717, 1.165) is 17.8 Å². The molecule has 7 heteroatoms. The molecule has 1 heterocycles. The average Bonchev–Trinajstić information content (AvgIpc) is 3.01. The number of carbonyl (C=O) groups is 1. The van der Waals surface area contributed by atoms with Crippen LogP contribution < -0.4 is 9.64 Å². The summed E-state index contributed by atoms with van der Waals surface area (Å²) < 4.78 is 31.8. The maximum Gasteiger partial charge on any atom is 0.271 e. The van der Waals surface area contributed by atoms with Crippen LogP contribution in [-0.2, 0) is 4.79 Å². The molecule has 128 valence electrons. The number of hydrogen-bond donors (Lipinski definition) is 0. The Labute approximate surface area is 147 Å². The summed E-state index contributed by atoms with van der Waals surface area (Å²) in [5, 5.41) is 2.33. The topological polar surface area (TPSA) is 42.4 Å². The second-order valence-corrected chi connectivity index (χ2v) is 6.04. The van der Waals surface area contributed by atoms with E-state index in [2.05, 4.69) is 4.98 Å². The highest BCUT2D eigenvalue weighted by Crippen LogP contribution is 2.29. The molecule has 0 fully saturated rings. The summed E-state index contributed by atoms with van der Waals surface area (Å²) in [5.74, 6) is -2.16. The van der Waals surface area contributed by atoms with Crippen LogP contribution in [0.25, 0.3) is 0 Å². The number of rotatable bonds is 5. The van der Waals surface area contributed by atoms with Gasteiger partial charge in [-0.05, 0) is 31.2 Å². The van der Waals surface area contributed by atoms with E-state index < -0.39 is 24.1 Å². The number of carbonyl (C=O) groups excluding carboxylic acids is 1. The van der Waals surface area contributed by atoms with Gasteiger partial charge in [-0.3, -0.25) is 9.69 Å². The summed E-state index contributed by atoms with van der Waals surface area (Å²) in [6.07, 6.45) is 0. The van der Waals surface area contributed by atoms with Crippen LogP contribution in [0.2, 0.25) is 0 Å². The maximum atomic E-state index is 13.7. The lowest BCUT2D eigenvalue weighted by molar-refractivity contribution is -0.119. The van der Waals surface area contributed by atoms with Gasteiger partial charge in [-0.1, -0.05) is 18.2 Å². The van der Waals surface area contributed by atoms with Crippen LogP contribution in [0.3, 0.4) is 0 Å². The molecular weight excluding hydrogens is 346 g/mol. The average molecular weight is 360 g/mol. The van der Waals surface area contributed by atoms with Crippen LogP contribution >= 0.6 is 11.3 Å². The van der Waals surface area contributed by atoms with Gasteiger partial charge in [0.2, 0.25) is 0 Å². The van der Waals surface area contributed by atoms with Gasteiger partial charge in [0.05, 0.1) is 11.4 Å². The molecule has 3 rings (SSSR count). The predicted octanol–water partition coefficient (Wildman–Crippen LogP) is 4.47. The molecule has 2 aromatic carbocycles. The third-order valence-electron chi connectivity index (χ3n) is 3.31. The first-order valence-corrected chi connectivity index (χ1v) is 8.30. The highest BCUT2D eigenvalue weighted by Gasteiger charge is 2.21. The number of benzene rings is 2. The summed E-state index contributed by atoms with van der Waals surface area (Å²) >= 11 is 1.32. The number of aryl methyl sites for hydroxylation is 1. The van der Waals surface area contributed by atoms with E-state index in [-0.39, 0.29) is 5.75 Å². The van der Waals surface area contributed by atoms with Gasteiger partial charge in [-0.25, -0.2) is 13.8 Å². The van der Waals surface area contributed by atoms with E-state index in [1.165, 1.54) is 16.2 Å². The Morgan fingerprint density at radius 1 is 1.20 bits per heavy atom. The predicted molar refractivity (Wildman–Crippen MR) is 92.3 cm³/mol. The molecule has 1 aromatic heterocycles. The van der Waals surface area contributed by atoms with Gasteiger partial charge in [0.25, 0.3) is 5.91 Å². The van der Waals surface area contributed by atoms with Crippen molar-refractivity contribution in [3.05, 3.63) is 71.2 Å². The molecule has 4 nitrogen and oxygen atoms in total. The Morgan fingerprint density at radius 3 is 2.60 bits per heavy atom. The smallest absolute Gasteiger partial charge is 0.271 e. The number of para-hydroxylation sites is 1. The molecule has 0 bridgehead atoms. The van der Waals surface area contributed by atoms with E-state index in [9.17, 15) is 13.6 Å². The normalized spacial score (nSPS) is 10.5. The number of amides is 1. The number of aromatic nitrogens is 1. The number of anilines is 2. The van der Waals surface area contributed by atoms with Crippen molar-refractivity contribution in [2.24, 2.45) is 0 Å². The Bertz CT molecular complexity index is 884. The zero-order valence-corrected chi connectivity index (χ0v) is 14.1. The van der Waals surface area contributed by atoms with Crippen LogP contribution in [0.5, 0.6) is 5.75 Å². The van der Waals surface area contributed by atoms with E-state index in [4.69, 9.17) is 4.74 Å². The second kappa shape index (κ2) is 7.40. The molecule has 1 amide bonds. The first kappa shape index (κ1) is 17.0. The Morgan fingerprint density at radius 2 is 1.96 bits per heavy atom. The molecule has 0 aliphatic heterocycles. The summed E-state index contributed by atoms with van der Waals surface area (Å²) in [6.45, 7) is 1.42. The van der Waals surface area contributed by atoms with Crippen LogP contribution in [-0.4, -0.2) is 17.5 Å². The van der Waals surface area contributed by atoms with Crippen molar-refractivity contribution in [2.75, 3.05) is 11.5 Å². The highest BCUT2D eigenvalue weighted by atomic mass is 32.1. The fourth-order valence-corrected chi connectivity index (χ4v) is 3.02. The molecule has 0 radical (unpaired) electrons. The largest absolute Gasteiger partial charge is 0.481 e. The van der Waals surface area contributed by atoms with E-state index >= 15 is 0 Å². The van der Waals surface area contributed by atoms with E-state index in [1.54, 1.807) is 24.3 Å². The molecule has 0 spiro atoms. The molecule has 0 saturated heterocycles. The molecule has 0 aliphatic rings. The number of hydrogen-bond acceptors (Lipinski definition) is 4. The lowest BCUT2D eigenvalue weighted by Crippen LogP contribution is -2.31. The van der Waals surface area contributed by atoms with Crippen molar-refractivity contribution >= 4 is 28.1 Å². The van der Waals surface area contributed by atoms with E-state index in [0.29, 0.717) is 16.9 Å². The van der Waals surface area contributed by atoms with Gasteiger partial charge in [-0.15, -0.1) is 11.3 Å². The molecule has 0 atom stereocenters. The van der Waals surface area contributed by atoms with Gasteiger partial charge in [-0.2, -0.15) is 0 Å². The second-order valence-electron chi connectivity index (χ2n) is 5.20. The van der Waals surface area contributed by atoms with Gasteiger partial charge in [0.15, 0.2) is 23.3 Å². The molecule has 0 N–H and O–H groups in total. The maximum absolute atomic E-state index is 13.7.